The van der Waals surface area contributed by atoms with Crippen LogP contribution in [0.2, 0.25) is 0 Å². The van der Waals surface area contributed by atoms with Crippen molar-refractivity contribution >= 4 is 23.4 Å². The lowest BCUT2D eigenvalue weighted by molar-refractivity contribution is -0.389. The number of nitro groups is 1. The van der Waals surface area contributed by atoms with Gasteiger partial charge < -0.3 is 5.32 Å². The van der Waals surface area contributed by atoms with Gasteiger partial charge in [0.15, 0.2) is 5.03 Å². The van der Waals surface area contributed by atoms with E-state index in [2.05, 4.69) is 15.3 Å². The van der Waals surface area contributed by atoms with Gasteiger partial charge in [0.25, 0.3) is 0 Å². The molecule has 0 atom stereocenters. The summed E-state index contributed by atoms with van der Waals surface area (Å²) >= 11 is 1.10. The second kappa shape index (κ2) is 5.83. The molecular weight excluding hydrogens is 283 g/mol. The van der Waals surface area contributed by atoms with Crippen molar-refractivity contribution in [3.05, 3.63) is 45.9 Å². The number of nitrogens with zero attached hydrogens (tertiary/aromatic N) is 3. The molecule has 0 amide bonds. The monoisotopic (exact) mass is 294 g/mol. The number of rotatable bonds is 4. The van der Waals surface area contributed by atoms with Gasteiger partial charge in [-0.05, 0) is 31.2 Å². The molecular formula is C12H11FN4O2S. The minimum Gasteiger partial charge on any atom is -0.357 e. The summed E-state index contributed by atoms with van der Waals surface area (Å²) in [7, 11) is 1.63. The van der Waals surface area contributed by atoms with Gasteiger partial charge in [0, 0.05) is 11.9 Å². The third kappa shape index (κ3) is 3.02. The molecule has 0 radical (unpaired) electrons. The second-order valence-electron chi connectivity index (χ2n) is 3.85. The van der Waals surface area contributed by atoms with E-state index in [1.54, 1.807) is 26.1 Å². The van der Waals surface area contributed by atoms with Crippen molar-refractivity contribution in [3.63, 3.8) is 0 Å². The highest BCUT2D eigenvalue weighted by atomic mass is 32.2. The number of aromatic nitrogens is 2. The van der Waals surface area contributed by atoms with E-state index in [0.717, 1.165) is 11.8 Å². The number of halogens is 1. The van der Waals surface area contributed by atoms with Crippen LogP contribution in [0.1, 0.15) is 5.69 Å². The van der Waals surface area contributed by atoms with Crippen LogP contribution >= 0.6 is 11.8 Å². The van der Waals surface area contributed by atoms with E-state index >= 15 is 0 Å². The van der Waals surface area contributed by atoms with Crippen molar-refractivity contribution in [3.8, 4) is 0 Å². The Balaban J connectivity index is 2.45. The molecule has 2 aromatic rings. The Kier molecular flexibility index (Phi) is 4.14. The van der Waals surface area contributed by atoms with Gasteiger partial charge >= 0.3 is 5.69 Å². The molecule has 20 heavy (non-hydrogen) atoms. The summed E-state index contributed by atoms with van der Waals surface area (Å²) in [5.74, 6) is -0.0589. The van der Waals surface area contributed by atoms with Crippen LogP contribution in [0, 0.1) is 22.9 Å². The van der Waals surface area contributed by atoms with Gasteiger partial charge in [0.2, 0.25) is 5.95 Å². The zero-order valence-electron chi connectivity index (χ0n) is 10.8. The van der Waals surface area contributed by atoms with E-state index < -0.39 is 4.92 Å². The van der Waals surface area contributed by atoms with Gasteiger partial charge in [-0.2, -0.15) is 4.98 Å². The van der Waals surface area contributed by atoms with Crippen LogP contribution in [0.15, 0.2) is 34.2 Å². The minimum absolute atomic E-state index is 0.140. The summed E-state index contributed by atoms with van der Waals surface area (Å²) in [6, 6.07) is 5.67. The zero-order valence-corrected chi connectivity index (χ0v) is 11.6. The van der Waals surface area contributed by atoms with Crippen molar-refractivity contribution in [1.29, 1.82) is 0 Å². The number of anilines is 1. The summed E-state index contributed by atoms with van der Waals surface area (Å²) in [5, 5.41) is 14.1. The molecule has 0 unspecified atom stereocenters. The topological polar surface area (TPSA) is 81.0 Å². The largest absolute Gasteiger partial charge is 0.357 e. The Hall–Kier alpha value is -2.22. The summed E-state index contributed by atoms with van der Waals surface area (Å²) in [6.07, 6.45) is 0. The van der Waals surface area contributed by atoms with Crippen LogP contribution in [0.4, 0.5) is 16.0 Å². The highest BCUT2D eigenvalue weighted by molar-refractivity contribution is 7.99. The first-order valence-corrected chi connectivity index (χ1v) is 6.47. The molecule has 0 saturated carbocycles. The van der Waals surface area contributed by atoms with Crippen molar-refractivity contribution in [1.82, 2.24) is 9.97 Å². The van der Waals surface area contributed by atoms with Crippen molar-refractivity contribution in [2.45, 2.75) is 16.8 Å². The molecule has 0 bridgehead atoms. The first-order chi connectivity index (χ1) is 9.51. The molecule has 1 aromatic heterocycles. The van der Waals surface area contributed by atoms with Gasteiger partial charge in [-0.15, -0.1) is 0 Å². The fraction of sp³-hybridized carbons (Fsp3) is 0.167. The first kappa shape index (κ1) is 14.2. The number of benzene rings is 1. The molecule has 0 saturated heterocycles. The third-order valence-corrected chi connectivity index (χ3v) is 3.45. The third-order valence-electron chi connectivity index (χ3n) is 2.46. The van der Waals surface area contributed by atoms with Crippen LogP contribution < -0.4 is 5.32 Å². The first-order valence-electron chi connectivity index (χ1n) is 5.65. The van der Waals surface area contributed by atoms with Gasteiger partial charge in [0.1, 0.15) is 11.5 Å². The van der Waals surface area contributed by atoms with E-state index in [-0.39, 0.29) is 22.2 Å². The quantitative estimate of drug-likeness (QED) is 0.530. The summed E-state index contributed by atoms with van der Waals surface area (Å²) in [6.45, 7) is 1.55. The molecule has 0 spiro atoms. The van der Waals surface area contributed by atoms with Crippen molar-refractivity contribution in [2.75, 3.05) is 12.4 Å². The predicted molar refractivity (Wildman–Crippen MR) is 73.5 cm³/mol. The maximum absolute atomic E-state index is 12.9. The molecule has 1 aromatic carbocycles. The normalized spacial score (nSPS) is 10.3. The Morgan fingerprint density at radius 2 is 1.95 bits per heavy atom. The molecule has 0 fully saturated rings. The van der Waals surface area contributed by atoms with Gasteiger partial charge in [-0.3, -0.25) is 10.1 Å². The average Bonchev–Trinajstić information content (AvgIpc) is 2.40. The highest BCUT2D eigenvalue weighted by Gasteiger charge is 2.22. The predicted octanol–water partition coefficient (Wildman–Crippen LogP) is 3.03. The maximum atomic E-state index is 12.9. The lowest BCUT2D eigenvalue weighted by Gasteiger charge is -2.06. The zero-order chi connectivity index (χ0) is 14.7. The van der Waals surface area contributed by atoms with Crippen LogP contribution in [0.25, 0.3) is 0 Å². The average molecular weight is 294 g/mol. The lowest BCUT2D eigenvalue weighted by atomic mass is 10.3. The SMILES string of the molecule is CNc1nc(C)c([N+](=O)[O-])c(Sc2ccc(F)cc2)n1. The van der Waals surface area contributed by atoms with Gasteiger partial charge in [-0.25, -0.2) is 9.37 Å². The smallest absolute Gasteiger partial charge is 0.322 e. The number of nitrogens with one attached hydrogen (secondary N) is 1. The van der Waals surface area contributed by atoms with Crippen LogP contribution in [-0.4, -0.2) is 21.9 Å². The van der Waals surface area contributed by atoms with Crippen molar-refractivity contribution < 1.29 is 9.31 Å². The van der Waals surface area contributed by atoms with Crippen LogP contribution in [0.5, 0.6) is 0 Å². The molecule has 0 aliphatic rings. The van der Waals surface area contributed by atoms with Gasteiger partial charge in [-0.1, -0.05) is 11.8 Å². The molecule has 6 nitrogen and oxygen atoms in total. The summed E-state index contributed by atoms with van der Waals surface area (Å²) in [4.78, 5) is 19.4. The van der Waals surface area contributed by atoms with E-state index in [1.165, 1.54) is 12.1 Å². The van der Waals surface area contributed by atoms with E-state index in [0.29, 0.717) is 10.8 Å². The fourth-order valence-corrected chi connectivity index (χ4v) is 2.49. The molecule has 0 aliphatic heterocycles. The Morgan fingerprint density at radius 1 is 1.30 bits per heavy atom. The Labute approximate surface area is 118 Å². The summed E-state index contributed by atoms with van der Waals surface area (Å²) < 4.78 is 12.9. The van der Waals surface area contributed by atoms with E-state index in [4.69, 9.17) is 0 Å². The molecule has 8 heteroatoms. The molecule has 104 valence electrons. The fourth-order valence-electron chi connectivity index (χ4n) is 1.55. The number of hydrogen-bond acceptors (Lipinski definition) is 6. The van der Waals surface area contributed by atoms with Crippen LogP contribution in [0.3, 0.4) is 0 Å². The lowest BCUT2D eigenvalue weighted by Crippen LogP contribution is -2.04. The van der Waals surface area contributed by atoms with Gasteiger partial charge in [0.05, 0.1) is 4.92 Å². The molecule has 1 heterocycles. The summed E-state index contributed by atoms with van der Waals surface area (Å²) in [5.41, 5.74) is 0.136. The number of hydrogen-bond donors (Lipinski definition) is 1. The van der Waals surface area contributed by atoms with E-state index in [1.807, 2.05) is 0 Å². The minimum atomic E-state index is -0.513. The Morgan fingerprint density at radius 3 is 2.50 bits per heavy atom. The molecule has 0 aliphatic carbocycles. The highest BCUT2D eigenvalue weighted by Crippen LogP contribution is 2.35. The van der Waals surface area contributed by atoms with E-state index in [9.17, 15) is 14.5 Å². The van der Waals surface area contributed by atoms with Crippen molar-refractivity contribution in [2.24, 2.45) is 0 Å². The number of aryl methyl sites for hydroxylation is 1. The Bertz CT molecular complexity index is 649. The standard InChI is InChI=1S/C12H11FN4O2S/c1-7-10(17(18)19)11(16-12(14-2)15-7)20-9-5-3-8(13)4-6-9/h3-6H,1-2H3,(H,14,15,16). The molecule has 1 N–H and O–H groups in total. The maximum Gasteiger partial charge on any atom is 0.322 e. The van der Waals surface area contributed by atoms with Crippen LogP contribution in [-0.2, 0) is 0 Å². The molecule has 2 rings (SSSR count). The second-order valence-corrected chi connectivity index (χ2v) is 4.91.